The number of benzene rings is 2. The zero-order valence-electron chi connectivity index (χ0n) is 18.2. The lowest BCUT2D eigenvalue weighted by Gasteiger charge is -2.34. The number of rotatable bonds is 6. The topological polar surface area (TPSA) is 90.0 Å². The van der Waals surface area contributed by atoms with Crippen LogP contribution in [0.25, 0.3) is 0 Å². The molecule has 1 heterocycles. The third-order valence-electron chi connectivity index (χ3n) is 5.92. The van der Waals surface area contributed by atoms with E-state index in [9.17, 15) is 18.3 Å². The van der Waals surface area contributed by atoms with Crippen LogP contribution in [0.1, 0.15) is 38.4 Å². The van der Waals surface area contributed by atoms with Gasteiger partial charge in [0.15, 0.2) is 0 Å². The number of carbonyl (C=O) groups is 1. The minimum absolute atomic E-state index is 0.119. The van der Waals surface area contributed by atoms with Crippen LogP contribution in [0.2, 0.25) is 0 Å². The average Bonchev–Trinajstić information content (AvgIpc) is 2.79. The second kappa shape index (κ2) is 9.80. The van der Waals surface area contributed by atoms with Gasteiger partial charge in [0.2, 0.25) is 10.0 Å². The van der Waals surface area contributed by atoms with Gasteiger partial charge in [0, 0.05) is 31.9 Å². The van der Waals surface area contributed by atoms with Crippen molar-refractivity contribution in [2.45, 2.75) is 43.7 Å². The number of aliphatic hydroxyl groups excluding tert-OH is 1. The van der Waals surface area contributed by atoms with Crippen molar-refractivity contribution in [3.05, 3.63) is 60.2 Å². The van der Waals surface area contributed by atoms with Crippen molar-refractivity contribution >= 4 is 21.7 Å². The Kier molecular flexibility index (Phi) is 7.35. The van der Waals surface area contributed by atoms with E-state index in [-0.39, 0.29) is 22.9 Å². The first kappa shape index (κ1) is 23.2. The van der Waals surface area contributed by atoms with Crippen molar-refractivity contribution in [3.63, 3.8) is 0 Å². The van der Waals surface area contributed by atoms with Crippen LogP contribution in [0.3, 0.4) is 0 Å². The van der Waals surface area contributed by atoms with E-state index in [1.165, 1.54) is 16.4 Å². The molecule has 1 unspecified atom stereocenters. The van der Waals surface area contributed by atoms with Crippen molar-refractivity contribution < 1.29 is 18.3 Å². The number of nitrogens with one attached hydrogen (secondary N) is 1. The molecule has 0 saturated carbocycles. The summed E-state index contributed by atoms with van der Waals surface area (Å²) < 4.78 is 26.4. The lowest BCUT2D eigenvalue weighted by Crippen LogP contribution is -2.42. The molecule has 0 aromatic heterocycles. The highest BCUT2D eigenvalue weighted by Gasteiger charge is 2.28. The lowest BCUT2D eigenvalue weighted by molar-refractivity contribution is 0.0683. The van der Waals surface area contributed by atoms with Crippen molar-refractivity contribution in [2.24, 2.45) is 5.92 Å². The van der Waals surface area contributed by atoms with Gasteiger partial charge in [-0.25, -0.2) is 13.2 Å². The van der Waals surface area contributed by atoms with Crippen LogP contribution >= 0.6 is 0 Å². The Bertz CT molecular complexity index is 970. The molecule has 2 amide bonds. The monoisotopic (exact) mass is 445 g/mol. The molecule has 31 heavy (non-hydrogen) atoms. The zero-order chi connectivity index (χ0) is 22.6. The Morgan fingerprint density at radius 3 is 2.19 bits per heavy atom. The van der Waals surface area contributed by atoms with Gasteiger partial charge >= 0.3 is 6.03 Å². The second-order valence-corrected chi connectivity index (χ2v) is 10.2. The largest absolute Gasteiger partial charge is 0.388 e. The number of nitrogens with zero attached hydrogens (tertiary/aromatic N) is 2. The minimum Gasteiger partial charge on any atom is -0.388 e. The highest BCUT2D eigenvalue weighted by atomic mass is 32.2. The van der Waals surface area contributed by atoms with Crippen molar-refractivity contribution in [1.82, 2.24) is 9.21 Å². The smallest absolute Gasteiger partial charge is 0.321 e. The van der Waals surface area contributed by atoms with E-state index in [1.54, 1.807) is 24.1 Å². The molecule has 1 fully saturated rings. The third-order valence-corrected chi connectivity index (χ3v) is 7.97. The van der Waals surface area contributed by atoms with E-state index in [0.29, 0.717) is 18.8 Å². The number of aliphatic hydroxyl groups is 1. The number of amides is 2. The number of piperidine rings is 1. The molecule has 8 heteroatoms. The first-order chi connectivity index (χ1) is 14.7. The minimum atomic E-state index is -3.55. The highest BCUT2D eigenvalue weighted by Crippen LogP contribution is 2.30. The summed E-state index contributed by atoms with van der Waals surface area (Å²) in [7, 11) is -2.01. The summed E-state index contributed by atoms with van der Waals surface area (Å²) in [5.41, 5.74) is 1.45. The molecule has 0 radical (unpaired) electrons. The maximum absolute atomic E-state index is 12.6. The van der Waals surface area contributed by atoms with Crippen LogP contribution in [0.4, 0.5) is 10.5 Å². The third kappa shape index (κ3) is 5.44. The van der Waals surface area contributed by atoms with Crippen molar-refractivity contribution in [2.75, 3.05) is 25.5 Å². The second-order valence-electron chi connectivity index (χ2n) is 8.25. The predicted octanol–water partition coefficient (Wildman–Crippen LogP) is 3.69. The predicted molar refractivity (Wildman–Crippen MR) is 121 cm³/mol. The summed E-state index contributed by atoms with van der Waals surface area (Å²) in [6.45, 7) is 4.75. The number of urea groups is 1. The fourth-order valence-corrected chi connectivity index (χ4v) is 5.06. The molecule has 1 saturated heterocycles. The van der Waals surface area contributed by atoms with E-state index in [1.807, 2.05) is 44.2 Å². The SMILES string of the molecule is CC(C)N(C)S(=O)(=O)c1ccc(NC(=O)N2CCC(C(O)c3ccccc3)CC2)cc1. The van der Waals surface area contributed by atoms with E-state index in [0.717, 1.165) is 18.4 Å². The average molecular weight is 446 g/mol. The quantitative estimate of drug-likeness (QED) is 0.710. The molecule has 2 N–H and O–H groups in total. The molecule has 1 atom stereocenters. The van der Waals surface area contributed by atoms with E-state index in [4.69, 9.17) is 0 Å². The Balaban J connectivity index is 1.55. The van der Waals surface area contributed by atoms with Gasteiger partial charge in [-0.05, 0) is 62.4 Å². The highest BCUT2D eigenvalue weighted by molar-refractivity contribution is 7.89. The fourth-order valence-electron chi connectivity index (χ4n) is 3.70. The maximum atomic E-state index is 12.6. The fraction of sp³-hybridized carbons (Fsp3) is 0.435. The van der Waals surface area contributed by atoms with Gasteiger partial charge in [-0.2, -0.15) is 4.31 Å². The molecule has 3 rings (SSSR count). The summed E-state index contributed by atoms with van der Waals surface area (Å²) in [6.07, 6.45) is 0.926. The van der Waals surface area contributed by atoms with Gasteiger partial charge in [-0.3, -0.25) is 0 Å². The van der Waals surface area contributed by atoms with Gasteiger partial charge in [-0.15, -0.1) is 0 Å². The molecular formula is C23H31N3O4S. The molecule has 0 bridgehead atoms. The first-order valence-electron chi connectivity index (χ1n) is 10.6. The molecule has 168 valence electrons. The van der Waals surface area contributed by atoms with Gasteiger partial charge in [0.25, 0.3) is 0 Å². The van der Waals surface area contributed by atoms with Crippen LogP contribution < -0.4 is 5.32 Å². The summed E-state index contributed by atoms with van der Waals surface area (Å²) in [5.74, 6) is 0.119. The Morgan fingerprint density at radius 2 is 1.65 bits per heavy atom. The normalized spacial score (nSPS) is 16.5. The first-order valence-corrected chi connectivity index (χ1v) is 12.0. The van der Waals surface area contributed by atoms with Gasteiger partial charge < -0.3 is 15.3 Å². The number of hydrogen-bond donors (Lipinski definition) is 2. The Hall–Kier alpha value is -2.42. The number of likely N-dealkylation sites (tertiary alicyclic amines) is 1. The van der Waals surface area contributed by atoms with E-state index >= 15 is 0 Å². The van der Waals surface area contributed by atoms with E-state index < -0.39 is 16.1 Å². The van der Waals surface area contributed by atoms with Crippen LogP contribution in [-0.4, -0.2) is 54.9 Å². The van der Waals surface area contributed by atoms with E-state index in [2.05, 4.69) is 5.32 Å². The Morgan fingerprint density at radius 1 is 1.06 bits per heavy atom. The molecule has 2 aromatic carbocycles. The maximum Gasteiger partial charge on any atom is 0.321 e. The van der Waals surface area contributed by atoms with Crippen LogP contribution in [0.15, 0.2) is 59.5 Å². The molecule has 7 nitrogen and oxygen atoms in total. The van der Waals surface area contributed by atoms with Gasteiger partial charge in [-0.1, -0.05) is 30.3 Å². The van der Waals surface area contributed by atoms with Crippen LogP contribution in [-0.2, 0) is 10.0 Å². The van der Waals surface area contributed by atoms with Crippen LogP contribution in [0, 0.1) is 5.92 Å². The summed E-state index contributed by atoms with van der Waals surface area (Å²) >= 11 is 0. The summed E-state index contributed by atoms with van der Waals surface area (Å²) in [4.78, 5) is 14.5. The molecule has 1 aliphatic heterocycles. The Labute approximate surface area is 184 Å². The zero-order valence-corrected chi connectivity index (χ0v) is 19.0. The molecule has 0 aliphatic carbocycles. The number of sulfonamides is 1. The van der Waals surface area contributed by atoms with Gasteiger partial charge in [0.1, 0.15) is 0 Å². The van der Waals surface area contributed by atoms with Gasteiger partial charge in [0.05, 0.1) is 11.0 Å². The summed E-state index contributed by atoms with van der Waals surface area (Å²) in [5, 5.41) is 13.4. The summed E-state index contributed by atoms with van der Waals surface area (Å²) in [6, 6.07) is 15.5. The molecule has 0 spiro atoms. The van der Waals surface area contributed by atoms with Crippen molar-refractivity contribution in [3.8, 4) is 0 Å². The molecule has 1 aliphatic rings. The number of carbonyl (C=O) groups excluding carboxylic acids is 1. The lowest BCUT2D eigenvalue weighted by atomic mass is 9.87. The molecular weight excluding hydrogens is 414 g/mol. The number of anilines is 1. The van der Waals surface area contributed by atoms with Crippen molar-refractivity contribution in [1.29, 1.82) is 0 Å². The van der Waals surface area contributed by atoms with Crippen LogP contribution in [0.5, 0.6) is 0 Å². The number of hydrogen-bond acceptors (Lipinski definition) is 4. The standard InChI is InChI=1S/C23H31N3O4S/c1-17(2)25(3)31(29,30)21-11-9-20(10-12-21)24-23(28)26-15-13-19(14-16-26)22(27)18-7-5-4-6-8-18/h4-12,17,19,22,27H,13-16H2,1-3H3,(H,24,28). The molecule has 2 aromatic rings.